The highest BCUT2D eigenvalue weighted by atomic mass is 32.1. The molecule has 1 N–H and O–H groups in total. The second kappa shape index (κ2) is 7.83. The fourth-order valence-electron chi connectivity index (χ4n) is 2.19. The Bertz CT molecular complexity index is 728. The van der Waals surface area contributed by atoms with Crippen LogP contribution in [0.1, 0.15) is 17.4 Å². The molecule has 0 fully saturated rings. The first kappa shape index (κ1) is 16.3. The average Bonchev–Trinajstić information content (AvgIpc) is 3.25. The normalized spacial score (nSPS) is 13.0. The predicted octanol–water partition coefficient (Wildman–Crippen LogP) is 2.58. The van der Waals surface area contributed by atoms with Crippen molar-refractivity contribution in [3.05, 3.63) is 46.2 Å². The lowest BCUT2D eigenvalue weighted by atomic mass is 10.1. The fourth-order valence-corrected chi connectivity index (χ4v) is 2.90. The molecule has 1 amide bonds. The van der Waals surface area contributed by atoms with Crippen molar-refractivity contribution in [2.24, 2.45) is 5.16 Å². The zero-order valence-electron chi connectivity index (χ0n) is 13.3. The van der Waals surface area contributed by atoms with Crippen LogP contribution in [0.25, 0.3) is 0 Å². The van der Waals surface area contributed by atoms with Crippen LogP contribution in [-0.4, -0.2) is 31.6 Å². The third-order valence-electron chi connectivity index (χ3n) is 3.46. The second-order valence-corrected chi connectivity index (χ2v) is 6.23. The van der Waals surface area contributed by atoms with E-state index in [4.69, 9.17) is 14.3 Å². The van der Waals surface area contributed by atoms with Crippen molar-refractivity contribution in [1.29, 1.82) is 0 Å². The van der Waals surface area contributed by atoms with Crippen molar-refractivity contribution >= 4 is 23.0 Å². The van der Waals surface area contributed by atoms with Gasteiger partial charge < -0.3 is 19.6 Å². The topological polar surface area (TPSA) is 69.2 Å². The number of fused-ring (bicyclic) bond motifs is 1. The van der Waals surface area contributed by atoms with Crippen molar-refractivity contribution in [1.82, 2.24) is 5.32 Å². The van der Waals surface area contributed by atoms with E-state index in [1.165, 1.54) is 4.88 Å². The van der Waals surface area contributed by atoms with Gasteiger partial charge in [0.2, 0.25) is 6.79 Å². The molecule has 1 aliphatic heterocycles. The van der Waals surface area contributed by atoms with E-state index < -0.39 is 0 Å². The first-order valence-corrected chi connectivity index (χ1v) is 8.46. The number of amides is 1. The summed E-state index contributed by atoms with van der Waals surface area (Å²) in [6.07, 6.45) is 0.822. The molecule has 0 bridgehead atoms. The first-order valence-electron chi connectivity index (χ1n) is 7.58. The highest BCUT2D eigenvalue weighted by Gasteiger charge is 2.14. The van der Waals surface area contributed by atoms with E-state index in [0.29, 0.717) is 18.0 Å². The van der Waals surface area contributed by atoms with Crippen LogP contribution in [0.15, 0.2) is 40.9 Å². The van der Waals surface area contributed by atoms with Gasteiger partial charge >= 0.3 is 0 Å². The maximum Gasteiger partial charge on any atom is 0.260 e. The summed E-state index contributed by atoms with van der Waals surface area (Å²) in [6.45, 7) is 2.53. The molecule has 0 spiro atoms. The number of ether oxygens (including phenoxy) is 2. The maximum atomic E-state index is 11.7. The highest BCUT2D eigenvalue weighted by Crippen LogP contribution is 2.32. The van der Waals surface area contributed by atoms with Gasteiger partial charge in [0, 0.05) is 17.0 Å². The van der Waals surface area contributed by atoms with E-state index >= 15 is 0 Å². The first-order chi connectivity index (χ1) is 11.7. The molecule has 7 heteroatoms. The Kier molecular flexibility index (Phi) is 5.32. The number of nitrogens with one attached hydrogen (secondary N) is 1. The maximum absolute atomic E-state index is 11.7. The summed E-state index contributed by atoms with van der Waals surface area (Å²) in [4.78, 5) is 18.1. The SMILES string of the molecule is C/C(=N\OCC(=O)NCCc1cccs1)c1ccc2c(c1)OCO2. The summed E-state index contributed by atoms with van der Waals surface area (Å²) in [5, 5.41) is 8.81. The number of benzene rings is 1. The molecule has 2 aromatic rings. The van der Waals surface area contributed by atoms with Gasteiger partial charge in [0.25, 0.3) is 5.91 Å². The van der Waals surface area contributed by atoms with Crippen LogP contribution in [0.3, 0.4) is 0 Å². The van der Waals surface area contributed by atoms with Crippen LogP contribution in [-0.2, 0) is 16.1 Å². The van der Waals surface area contributed by atoms with Crippen molar-refractivity contribution in [3.63, 3.8) is 0 Å². The molecule has 0 radical (unpaired) electrons. The minimum atomic E-state index is -0.186. The summed E-state index contributed by atoms with van der Waals surface area (Å²) in [7, 11) is 0. The number of thiophene rings is 1. The van der Waals surface area contributed by atoms with Crippen LogP contribution in [0.4, 0.5) is 0 Å². The zero-order valence-corrected chi connectivity index (χ0v) is 14.1. The number of rotatable bonds is 7. The lowest BCUT2D eigenvalue weighted by Gasteiger charge is -2.05. The summed E-state index contributed by atoms with van der Waals surface area (Å²) >= 11 is 1.68. The number of hydrogen-bond acceptors (Lipinski definition) is 6. The molecule has 126 valence electrons. The molecule has 0 unspecified atom stereocenters. The van der Waals surface area contributed by atoms with Crippen molar-refractivity contribution in [3.8, 4) is 11.5 Å². The largest absolute Gasteiger partial charge is 0.454 e. The van der Waals surface area contributed by atoms with E-state index in [1.54, 1.807) is 11.3 Å². The van der Waals surface area contributed by atoms with Crippen LogP contribution in [0, 0.1) is 0 Å². The van der Waals surface area contributed by atoms with Gasteiger partial charge in [0.05, 0.1) is 5.71 Å². The van der Waals surface area contributed by atoms with Crippen molar-refractivity contribution < 1.29 is 19.1 Å². The summed E-state index contributed by atoms with van der Waals surface area (Å²) in [5.74, 6) is 1.22. The quantitative estimate of drug-likeness (QED) is 0.618. The van der Waals surface area contributed by atoms with Crippen molar-refractivity contribution in [2.45, 2.75) is 13.3 Å². The Morgan fingerprint density at radius 3 is 3.04 bits per heavy atom. The van der Waals surface area contributed by atoms with E-state index in [0.717, 1.165) is 17.7 Å². The van der Waals surface area contributed by atoms with E-state index in [-0.39, 0.29) is 19.3 Å². The minimum absolute atomic E-state index is 0.105. The third kappa shape index (κ3) is 4.26. The molecular formula is C17H18N2O4S. The van der Waals surface area contributed by atoms with Crippen LogP contribution in [0.2, 0.25) is 0 Å². The number of carbonyl (C=O) groups is 1. The number of carbonyl (C=O) groups excluding carboxylic acids is 1. The molecule has 0 atom stereocenters. The van der Waals surface area contributed by atoms with E-state index in [9.17, 15) is 4.79 Å². The molecular weight excluding hydrogens is 328 g/mol. The molecule has 2 heterocycles. The number of oxime groups is 1. The Morgan fingerprint density at radius 1 is 1.33 bits per heavy atom. The van der Waals surface area contributed by atoms with Crippen molar-refractivity contribution in [2.75, 3.05) is 19.9 Å². The van der Waals surface area contributed by atoms with Gasteiger partial charge in [-0.2, -0.15) is 0 Å². The summed E-state index contributed by atoms with van der Waals surface area (Å²) < 4.78 is 10.6. The van der Waals surface area contributed by atoms with Gasteiger partial charge in [0.15, 0.2) is 18.1 Å². The standard InChI is InChI=1S/C17H18N2O4S/c1-12(13-4-5-15-16(9-13)22-11-21-15)19-23-10-17(20)18-7-6-14-3-2-8-24-14/h2-5,8-9H,6-7,10-11H2,1H3,(H,18,20)/b19-12+. The molecule has 24 heavy (non-hydrogen) atoms. The van der Waals surface area contributed by atoms with Gasteiger partial charge in [-0.25, -0.2) is 0 Å². The molecule has 3 rings (SSSR count). The predicted molar refractivity (Wildman–Crippen MR) is 91.8 cm³/mol. The highest BCUT2D eigenvalue weighted by molar-refractivity contribution is 7.09. The van der Waals surface area contributed by atoms with Gasteiger partial charge in [-0.05, 0) is 43.0 Å². The molecule has 0 saturated heterocycles. The molecule has 1 aliphatic rings. The summed E-state index contributed by atoms with van der Waals surface area (Å²) in [6, 6.07) is 9.58. The molecule has 1 aromatic heterocycles. The number of nitrogens with zero attached hydrogens (tertiary/aromatic N) is 1. The smallest absolute Gasteiger partial charge is 0.260 e. The molecule has 1 aromatic carbocycles. The van der Waals surface area contributed by atoms with Gasteiger partial charge in [-0.3, -0.25) is 4.79 Å². The van der Waals surface area contributed by atoms with Crippen LogP contribution in [0.5, 0.6) is 11.5 Å². The molecule has 0 saturated carbocycles. The van der Waals surface area contributed by atoms with Gasteiger partial charge in [-0.15, -0.1) is 11.3 Å². The Labute approximate surface area is 144 Å². The Balaban J connectivity index is 1.42. The lowest BCUT2D eigenvalue weighted by molar-refractivity contribution is -0.125. The summed E-state index contributed by atoms with van der Waals surface area (Å²) in [5.41, 5.74) is 1.53. The molecule has 0 aliphatic carbocycles. The Hall–Kier alpha value is -2.54. The van der Waals surface area contributed by atoms with Gasteiger partial charge in [-0.1, -0.05) is 11.2 Å². The monoisotopic (exact) mass is 346 g/mol. The lowest BCUT2D eigenvalue weighted by Crippen LogP contribution is -2.28. The van der Waals surface area contributed by atoms with Gasteiger partial charge in [0.1, 0.15) is 0 Å². The third-order valence-corrected chi connectivity index (χ3v) is 4.40. The second-order valence-electron chi connectivity index (χ2n) is 5.20. The number of hydrogen-bond donors (Lipinski definition) is 1. The Morgan fingerprint density at radius 2 is 2.21 bits per heavy atom. The zero-order chi connectivity index (χ0) is 16.8. The molecule has 6 nitrogen and oxygen atoms in total. The fraction of sp³-hybridized carbons (Fsp3) is 0.294. The van der Waals surface area contributed by atoms with Crippen LogP contribution < -0.4 is 14.8 Å². The van der Waals surface area contributed by atoms with E-state index in [1.807, 2.05) is 42.6 Å². The average molecular weight is 346 g/mol. The van der Waals surface area contributed by atoms with E-state index in [2.05, 4.69) is 10.5 Å². The van der Waals surface area contributed by atoms with Crippen LogP contribution >= 0.6 is 11.3 Å². The minimum Gasteiger partial charge on any atom is -0.454 e.